The van der Waals surface area contributed by atoms with E-state index in [4.69, 9.17) is 0 Å². The minimum Gasteiger partial charge on any atom is -0.308 e. The van der Waals surface area contributed by atoms with Crippen molar-refractivity contribution in [1.82, 2.24) is 15.5 Å². The molecule has 0 amide bonds. The molecule has 0 aliphatic heterocycles. The van der Waals surface area contributed by atoms with E-state index in [0.29, 0.717) is 6.04 Å². The summed E-state index contributed by atoms with van der Waals surface area (Å²) in [5.41, 5.74) is 2.58. The first-order valence-electron chi connectivity index (χ1n) is 6.30. The molecule has 96 valence electrons. The number of aromatic nitrogens is 2. The highest BCUT2D eigenvalue weighted by Crippen LogP contribution is 2.20. The van der Waals surface area contributed by atoms with Crippen LogP contribution in [-0.2, 0) is 6.42 Å². The van der Waals surface area contributed by atoms with Crippen molar-refractivity contribution in [2.45, 2.75) is 33.2 Å². The Balaban J connectivity index is 2.04. The summed E-state index contributed by atoms with van der Waals surface area (Å²) in [6.45, 7) is 7.28. The van der Waals surface area contributed by atoms with Gasteiger partial charge in [0.2, 0.25) is 0 Å². The van der Waals surface area contributed by atoms with Crippen molar-refractivity contribution < 1.29 is 0 Å². The normalized spacial score (nSPS) is 12.6. The van der Waals surface area contributed by atoms with Crippen LogP contribution in [0.25, 0.3) is 0 Å². The van der Waals surface area contributed by atoms with Gasteiger partial charge >= 0.3 is 0 Å². The van der Waals surface area contributed by atoms with Crippen LogP contribution in [-0.4, -0.2) is 16.7 Å². The molecule has 18 heavy (non-hydrogen) atoms. The summed E-state index contributed by atoms with van der Waals surface area (Å²) in [5.74, 6) is 0. The summed E-state index contributed by atoms with van der Waals surface area (Å²) < 4.78 is 0. The van der Waals surface area contributed by atoms with Crippen molar-refractivity contribution in [3.05, 3.63) is 45.4 Å². The molecule has 0 spiro atoms. The first kappa shape index (κ1) is 13.2. The zero-order valence-electron chi connectivity index (χ0n) is 11.1. The number of rotatable bonds is 5. The Hall–Kier alpha value is -1.26. The van der Waals surface area contributed by atoms with E-state index in [2.05, 4.69) is 60.6 Å². The van der Waals surface area contributed by atoms with E-state index in [9.17, 15) is 0 Å². The van der Waals surface area contributed by atoms with Gasteiger partial charge in [0.05, 0.1) is 6.04 Å². The Morgan fingerprint density at radius 1 is 1.22 bits per heavy atom. The molecule has 1 atom stereocenters. The van der Waals surface area contributed by atoms with E-state index in [1.807, 2.05) is 0 Å². The zero-order chi connectivity index (χ0) is 13.0. The van der Waals surface area contributed by atoms with Gasteiger partial charge in [-0.2, -0.15) is 0 Å². The van der Waals surface area contributed by atoms with Gasteiger partial charge in [0.15, 0.2) is 0 Å². The minimum atomic E-state index is 0.291. The molecule has 1 unspecified atom stereocenters. The molecule has 1 aromatic carbocycles. The second kappa shape index (κ2) is 6.07. The SMILES string of the molecule is CCNC(C)c1nnc(Cc2ccc(C)cc2)s1. The van der Waals surface area contributed by atoms with Gasteiger partial charge in [-0.3, -0.25) is 0 Å². The van der Waals surface area contributed by atoms with E-state index < -0.39 is 0 Å². The Labute approximate surface area is 112 Å². The van der Waals surface area contributed by atoms with Crippen molar-refractivity contribution in [3.63, 3.8) is 0 Å². The fourth-order valence-electron chi connectivity index (χ4n) is 1.79. The van der Waals surface area contributed by atoms with E-state index >= 15 is 0 Å². The maximum absolute atomic E-state index is 4.27. The molecule has 3 nitrogen and oxygen atoms in total. The highest BCUT2D eigenvalue weighted by molar-refractivity contribution is 7.11. The lowest BCUT2D eigenvalue weighted by Gasteiger charge is -2.06. The molecule has 1 N–H and O–H groups in total. The molecule has 4 heteroatoms. The van der Waals surface area contributed by atoms with Crippen molar-refractivity contribution in [3.8, 4) is 0 Å². The second-order valence-electron chi connectivity index (χ2n) is 4.48. The number of nitrogens with zero attached hydrogens (tertiary/aromatic N) is 2. The number of hydrogen-bond acceptors (Lipinski definition) is 4. The number of aryl methyl sites for hydroxylation is 1. The Morgan fingerprint density at radius 2 is 1.94 bits per heavy atom. The van der Waals surface area contributed by atoms with Crippen molar-refractivity contribution in [2.24, 2.45) is 0 Å². The number of hydrogen-bond donors (Lipinski definition) is 1. The second-order valence-corrected chi connectivity index (χ2v) is 5.57. The summed E-state index contributed by atoms with van der Waals surface area (Å²) in [6, 6.07) is 8.88. The third-order valence-electron chi connectivity index (χ3n) is 2.84. The predicted octanol–water partition coefficient (Wildman–Crippen LogP) is 3.11. The van der Waals surface area contributed by atoms with E-state index in [1.54, 1.807) is 11.3 Å². The predicted molar refractivity (Wildman–Crippen MR) is 76.0 cm³/mol. The molecular weight excluding hydrogens is 242 g/mol. The molecule has 0 saturated carbocycles. The van der Waals surface area contributed by atoms with Crippen LogP contribution in [0.2, 0.25) is 0 Å². The molecule has 0 bridgehead atoms. The highest BCUT2D eigenvalue weighted by atomic mass is 32.1. The lowest BCUT2D eigenvalue weighted by atomic mass is 10.1. The Kier molecular flexibility index (Phi) is 4.44. The van der Waals surface area contributed by atoms with Crippen LogP contribution < -0.4 is 5.32 Å². The van der Waals surface area contributed by atoms with Crippen molar-refractivity contribution >= 4 is 11.3 Å². The largest absolute Gasteiger partial charge is 0.308 e. The van der Waals surface area contributed by atoms with Crippen molar-refractivity contribution in [1.29, 1.82) is 0 Å². The van der Waals surface area contributed by atoms with Gasteiger partial charge in [-0.1, -0.05) is 48.1 Å². The third-order valence-corrected chi connectivity index (χ3v) is 3.95. The number of benzene rings is 1. The van der Waals surface area contributed by atoms with Gasteiger partial charge in [-0.25, -0.2) is 0 Å². The van der Waals surface area contributed by atoms with E-state index in [0.717, 1.165) is 23.0 Å². The van der Waals surface area contributed by atoms with Gasteiger partial charge in [-0.15, -0.1) is 10.2 Å². The number of nitrogens with one attached hydrogen (secondary N) is 1. The maximum Gasteiger partial charge on any atom is 0.134 e. The smallest absolute Gasteiger partial charge is 0.134 e. The van der Waals surface area contributed by atoms with Gasteiger partial charge in [0.1, 0.15) is 10.0 Å². The first-order chi connectivity index (χ1) is 8.69. The van der Waals surface area contributed by atoms with Gasteiger partial charge < -0.3 is 5.32 Å². The molecule has 0 radical (unpaired) electrons. The molecule has 0 aliphatic rings. The van der Waals surface area contributed by atoms with E-state index in [-0.39, 0.29) is 0 Å². The zero-order valence-corrected chi connectivity index (χ0v) is 11.9. The summed E-state index contributed by atoms with van der Waals surface area (Å²) in [4.78, 5) is 0. The van der Waals surface area contributed by atoms with Gasteiger partial charge in [0, 0.05) is 6.42 Å². The monoisotopic (exact) mass is 261 g/mol. The first-order valence-corrected chi connectivity index (χ1v) is 7.12. The van der Waals surface area contributed by atoms with Crippen LogP contribution in [0.15, 0.2) is 24.3 Å². The summed E-state index contributed by atoms with van der Waals surface area (Å²) in [5, 5.41) is 14.0. The fraction of sp³-hybridized carbons (Fsp3) is 0.429. The van der Waals surface area contributed by atoms with Crippen LogP contribution in [0.1, 0.15) is 41.0 Å². The van der Waals surface area contributed by atoms with Crippen LogP contribution in [0.5, 0.6) is 0 Å². The maximum atomic E-state index is 4.27. The molecule has 2 aromatic rings. The van der Waals surface area contributed by atoms with Crippen LogP contribution in [0.3, 0.4) is 0 Å². The van der Waals surface area contributed by atoms with E-state index in [1.165, 1.54) is 11.1 Å². The molecule has 2 rings (SSSR count). The van der Waals surface area contributed by atoms with Crippen LogP contribution >= 0.6 is 11.3 Å². The average molecular weight is 261 g/mol. The average Bonchev–Trinajstić information content (AvgIpc) is 2.81. The Morgan fingerprint density at radius 3 is 2.61 bits per heavy atom. The Bertz CT molecular complexity index is 490. The minimum absolute atomic E-state index is 0.291. The molecule has 0 fully saturated rings. The molecular formula is C14H19N3S. The highest BCUT2D eigenvalue weighted by Gasteiger charge is 2.10. The van der Waals surface area contributed by atoms with Crippen LogP contribution in [0, 0.1) is 6.92 Å². The quantitative estimate of drug-likeness (QED) is 0.898. The van der Waals surface area contributed by atoms with Crippen LogP contribution in [0.4, 0.5) is 0 Å². The van der Waals surface area contributed by atoms with Gasteiger partial charge in [0.25, 0.3) is 0 Å². The molecule has 0 saturated heterocycles. The van der Waals surface area contributed by atoms with Crippen molar-refractivity contribution in [2.75, 3.05) is 6.54 Å². The van der Waals surface area contributed by atoms with Gasteiger partial charge in [-0.05, 0) is 26.0 Å². The molecule has 1 heterocycles. The topological polar surface area (TPSA) is 37.8 Å². The third kappa shape index (κ3) is 3.37. The lowest BCUT2D eigenvalue weighted by Crippen LogP contribution is -2.17. The molecule has 0 aliphatic carbocycles. The summed E-state index contributed by atoms with van der Waals surface area (Å²) in [6.07, 6.45) is 0.872. The summed E-state index contributed by atoms with van der Waals surface area (Å²) in [7, 11) is 0. The fourth-order valence-corrected chi connectivity index (χ4v) is 2.69. The standard InChI is InChI=1S/C14H19N3S/c1-4-15-11(3)14-17-16-13(18-14)9-12-7-5-10(2)6-8-12/h5-8,11,15H,4,9H2,1-3H3. The molecule has 1 aromatic heterocycles. The lowest BCUT2D eigenvalue weighted by molar-refractivity contribution is 0.589. The summed E-state index contributed by atoms with van der Waals surface area (Å²) >= 11 is 1.70.